The Morgan fingerprint density at radius 3 is 1.59 bits per heavy atom. The van der Waals surface area contributed by atoms with Crippen LogP contribution in [0.3, 0.4) is 0 Å². The van der Waals surface area contributed by atoms with Crippen LogP contribution in [0, 0.1) is 0 Å². The van der Waals surface area contributed by atoms with E-state index < -0.39 is 36.0 Å². The molecule has 3 aromatic carbocycles. The molecular weight excluding hydrogens is 564 g/mol. The topological polar surface area (TPSA) is 144 Å². The fraction of sp³-hybridized carbons (Fsp3) is 0.0556. The maximum atomic E-state index is 11.2. The SMILES string of the molecule is CC(=O)OOc1ccc(Cl)cc1Cl.O=S(=O)(O)c1cccc2c(S(=O)(=O)O)cccc12.[Na].[Na].[Na]. The van der Waals surface area contributed by atoms with Crippen molar-refractivity contribution in [1.82, 2.24) is 0 Å². The van der Waals surface area contributed by atoms with Gasteiger partial charge in [0.2, 0.25) is 0 Å². The van der Waals surface area contributed by atoms with Gasteiger partial charge >= 0.3 is 5.97 Å². The molecule has 34 heavy (non-hydrogen) atoms. The first kappa shape index (κ1) is 36.7. The molecule has 0 fully saturated rings. The molecule has 0 bridgehead atoms. The van der Waals surface area contributed by atoms with Gasteiger partial charge in [0.15, 0.2) is 5.75 Å². The predicted molar refractivity (Wildman–Crippen MR) is 130 cm³/mol. The van der Waals surface area contributed by atoms with Crippen LogP contribution in [0.1, 0.15) is 6.92 Å². The summed E-state index contributed by atoms with van der Waals surface area (Å²) in [6, 6.07) is 12.1. The first-order valence-electron chi connectivity index (χ1n) is 8.07. The van der Waals surface area contributed by atoms with Crippen molar-refractivity contribution in [2.75, 3.05) is 0 Å². The van der Waals surface area contributed by atoms with Crippen LogP contribution in [0.15, 0.2) is 64.4 Å². The first-order valence-corrected chi connectivity index (χ1v) is 11.7. The van der Waals surface area contributed by atoms with Gasteiger partial charge in [-0.2, -0.15) is 16.8 Å². The van der Waals surface area contributed by atoms with Crippen molar-refractivity contribution in [2.24, 2.45) is 0 Å². The van der Waals surface area contributed by atoms with E-state index in [1.165, 1.54) is 43.3 Å². The molecule has 3 aromatic rings. The molecular formula is C18H14Cl2Na3O9S2. The number of benzene rings is 3. The molecule has 0 atom stereocenters. The summed E-state index contributed by atoms with van der Waals surface area (Å²) in [7, 11) is -8.94. The van der Waals surface area contributed by atoms with Gasteiger partial charge in [-0.3, -0.25) is 18.9 Å². The average Bonchev–Trinajstić information content (AvgIpc) is 2.65. The fourth-order valence-electron chi connectivity index (χ4n) is 2.35. The Kier molecular flexibility index (Phi) is 17.0. The largest absolute Gasteiger partial charge is 0.352 e. The van der Waals surface area contributed by atoms with E-state index in [0.717, 1.165) is 12.1 Å². The van der Waals surface area contributed by atoms with Crippen molar-refractivity contribution >= 4 is 149 Å². The molecule has 0 saturated heterocycles. The van der Waals surface area contributed by atoms with Crippen molar-refractivity contribution in [3.05, 3.63) is 64.6 Å². The van der Waals surface area contributed by atoms with Crippen molar-refractivity contribution in [1.29, 1.82) is 0 Å². The predicted octanol–water partition coefficient (Wildman–Crippen LogP) is 3.04. The number of hydrogen-bond donors (Lipinski definition) is 2. The minimum Gasteiger partial charge on any atom is -0.285 e. The molecule has 9 nitrogen and oxygen atoms in total. The van der Waals surface area contributed by atoms with E-state index >= 15 is 0 Å². The number of hydrogen-bond acceptors (Lipinski definition) is 7. The molecule has 0 aliphatic rings. The van der Waals surface area contributed by atoms with E-state index in [1.54, 1.807) is 6.07 Å². The Balaban J connectivity index is 0. The molecule has 0 saturated carbocycles. The maximum absolute atomic E-state index is 11.2. The van der Waals surface area contributed by atoms with E-state index in [4.69, 9.17) is 32.3 Å². The van der Waals surface area contributed by atoms with Gasteiger partial charge in [0, 0.05) is 111 Å². The summed E-state index contributed by atoms with van der Waals surface area (Å²) < 4.78 is 62.7. The molecule has 3 rings (SSSR count). The van der Waals surface area contributed by atoms with Crippen LogP contribution < -0.4 is 4.89 Å². The molecule has 169 valence electrons. The number of carbonyl (C=O) groups excluding carboxylic acids is 1. The number of fused-ring (bicyclic) bond motifs is 1. The zero-order valence-electron chi connectivity index (χ0n) is 18.5. The smallest absolute Gasteiger partial charge is 0.285 e. The monoisotopic (exact) mass is 577 g/mol. The second-order valence-corrected chi connectivity index (χ2v) is 9.41. The van der Waals surface area contributed by atoms with E-state index in [9.17, 15) is 21.6 Å². The molecule has 0 aliphatic heterocycles. The zero-order chi connectivity index (χ0) is 23.4. The van der Waals surface area contributed by atoms with Crippen molar-refractivity contribution < 1.29 is 40.5 Å². The number of carbonyl (C=O) groups is 1. The van der Waals surface area contributed by atoms with E-state index in [2.05, 4.69) is 9.78 Å². The molecule has 0 amide bonds. The summed E-state index contributed by atoms with van der Waals surface area (Å²) in [6.45, 7) is 1.23. The van der Waals surface area contributed by atoms with Gasteiger partial charge in [-0.25, -0.2) is 4.79 Å². The van der Waals surface area contributed by atoms with Crippen LogP contribution in [0.4, 0.5) is 0 Å². The first-order chi connectivity index (χ1) is 14.3. The van der Waals surface area contributed by atoms with Crippen LogP contribution in [-0.2, 0) is 29.9 Å². The molecule has 16 heteroatoms. The summed E-state index contributed by atoms with van der Waals surface area (Å²) in [5.74, 6) is -0.299. The third kappa shape index (κ3) is 10.9. The molecule has 0 spiro atoms. The summed E-state index contributed by atoms with van der Waals surface area (Å²) >= 11 is 11.3. The minimum absolute atomic E-state index is 0. The van der Waals surface area contributed by atoms with Crippen LogP contribution in [-0.4, -0.2) is 121 Å². The van der Waals surface area contributed by atoms with Gasteiger partial charge in [0.1, 0.15) is 9.79 Å². The van der Waals surface area contributed by atoms with Gasteiger partial charge in [0.05, 0.1) is 5.02 Å². The van der Waals surface area contributed by atoms with E-state index in [1.807, 2.05) is 0 Å². The average molecular weight is 578 g/mol. The standard InChI is InChI=1S/C10H8O6S2.C8H6Cl2O3.3Na/c11-17(12,13)9-5-1-3-7-8(9)4-2-6-10(7)18(14,15)16;1-5(11)12-13-8-3-2-6(9)4-7(8)10;;;/h1-6H,(H,11,12,13)(H,14,15,16);2-4H,1H3;;;. The van der Waals surface area contributed by atoms with Gasteiger partial charge in [0.25, 0.3) is 20.2 Å². The van der Waals surface area contributed by atoms with Gasteiger partial charge < -0.3 is 0 Å². The van der Waals surface area contributed by atoms with Gasteiger partial charge in [-0.1, -0.05) is 47.5 Å². The van der Waals surface area contributed by atoms with Gasteiger partial charge in [-0.05, 0) is 30.3 Å². The quantitative estimate of drug-likeness (QED) is 0.207. The summed E-state index contributed by atoms with van der Waals surface area (Å²) in [5, 5.41) is 0.819. The summed E-state index contributed by atoms with van der Waals surface area (Å²) in [6.07, 6.45) is 0. The van der Waals surface area contributed by atoms with Crippen LogP contribution in [0.5, 0.6) is 5.75 Å². The molecule has 3 radical (unpaired) electrons. The van der Waals surface area contributed by atoms with Crippen molar-refractivity contribution in [3.63, 3.8) is 0 Å². The van der Waals surface area contributed by atoms with Crippen LogP contribution in [0.2, 0.25) is 10.0 Å². The van der Waals surface area contributed by atoms with E-state index in [0.29, 0.717) is 5.02 Å². The normalized spacial score (nSPS) is 10.4. The third-order valence-corrected chi connectivity index (χ3v) is 5.89. The second kappa shape index (κ2) is 15.8. The zero-order valence-corrected chi connectivity index (χ0v) is 27.7. The molecule has 0 aliphatic carbocycles. The fourth-order valence-corrected chi connectivity index (χ4v) is 4.20. The molecule has 0 unspecified atom stereocenters. The number of halogens is 2. The second-order valence-electron chi connectivity index (χ2n) is 5.79. The molecule has 0 aromatic heterocycles. The third-order valence-electron chi connectivity index (χ3n) is 3.54. The van der Waals surface area contributed by atoms with Crippen molar-refractivity contribution in [3.8, 4) is 5.75 Å². The Hall–Kier alpha value is 0.590. The minimum atomic E-state index is -4.47. The summed E-state index contributed by atoms with van der Waals surface area (Å²) in [5.41, 5.74) is 0. The van der Waals surface area contributed by atoms with Crippen LogP contribution in [0.25, 0.3) is 10.8 Å². The maximum Gasteiger partial charge on any atom is 0.352 e. The van der Waals surface area contributed by atoms with E-state index in [-0.39, 0.29) is 110 Å². The number of rotatable bonds is 4. The molecule has 0 heterocycles. The Morgan fingerprint density at radius 2 is 1.24 bits per heavy atom. The van der Waals surface area contributed by atoms with Crippen LogP contribution >= 0.6 is 23.2 Å². The Labute approximate surface area is 272 Å². The van der Waals surface area contributed by atoms with Gasteiger partial charge in [-0.15, -0.1) is 0 Å². The Morgan fingerprint density at radius 1 is 0.794 bits per heavy atom. The Bertz CT molecular complexity index is 1280. The molecule has 2 N–H and O–H groups in total. The van der Waals surface area contributed by atoms with Crippen molar-refractivity contribution in [2.45, 2.75) is 16.7 Å². The summed E-state index contributed by atoms with van der Waals surface area (Å²) in [4.78, 5) is 18.5.